The lowest BCUT2D eigenvalue weighted by molar-refractivity contribution is -0.114. The Labute approximate surface area is 158 Å². The normalized spacial score (nSPS) is 15.7. The zero-order valence-electron chi connectivity index (χ0n) is 14.4. The second kappa shape index (κ2) is 7.65. The van der Waals surface area contributed by atoms with Gasteiger partial charge in [-0.1, -0.05) is 17.7 Å². The largest absolute Gasteiger partial charge is 0.369 e. The van der Waals surface area contributed by atoms with Gasteiger partial charge in [-0.25, -0.2) is 8.42 Å². The fourth-order valence-electron chi connectivity index (χ4n) is 2.93. The van der Waals surface area contributed by atoms with Crippen molar-refractivity contribution in [2.45, 2.75) is 11.8 Å². The first kappa shape index (κ1) is 18.7. The van der Waals surface area contributed by atoms with Crippen molar-refractivity contribution in [2.75, 3.05) is 36.4 Å². The van der Waals surface area contributed by atoms with Gasteiger partial charge >= 0.3 is 0 Å². The van der Waals surface area contributed by atoms with Crippen LogP contribution in [0, 0.1) is 0 Å². The number of carbonyl (C=O) groups excluding carboxylic acids is 1. The molecule has 0 radical (unpaired) electrons. The summed E-state index contributed by atoms with van der Waals surface area (Å²) in [5.41, 5.74) is 1.69. The number of sulfonamides is 1. The van der Waals surface area contributed by atoms with Crippen molar-refractivity contribution < 1.29 is 13.2 Å². The summed E-state index contributed by atoms with van der Waals surface area (Å²) in [6.45, 7) is 3.42. The molecule has 1 heterocycles. The van der Waals surface area contributed by atoms with Crippen LogP contribution in [0.25, 0.3) is 0 Å². The number of anilines is 2. The smallest absolute Gasteiger partial charge is 0.243 e. The molecule has 26 heavy (non-hydrogen) atoms. The average molecular weight is 394 g/mol. The van der Waals surface area contributed by atoms with Crippen LogP contribution in [0.2, 0.25) is 5.02 Å². The minimum absolute atomic E-state index is 0.124. The highest BCUT2D eigenvalue weighted by molar-refractivity contribution is 7.89. The Morgan fingerprint density at radius 1 is 1.04 bits per heavy atom. The van der Waals surface area contributed by atoms with Crippen LogP contribution in [0.15, 0.2) is 53.4 Å². The van der Waals surface area contributed by atoms with Gasteiger partial charge < -0.3 is 10.2 Å². The molecular weight excluding hydrogens is 374 g/mol. The van der Waals surface area contributed by atoms with Crippen molar-refractivity contribution in [2.24, 2.45) is 0 Å². The van der Waals surface area contributed by atoms with E-state index in [0.29, 0.717) is 31.2 Å². The van der Waals surface area contributed by atoms with Gasteiger partial charge in [0, 0.05) is 49.5 Å². The van der Waals surface area contributed by atoms with E-state index in [1.54, 1.807) is 12.1 Å². The average Bonchev–Trinajstić information content (AvgIpc) is 2.62. The van der Waals surface area contributed by atoms with E-state index >= 15 is 0 Å². The van der Waals surface area contributed by atoms with Crippen LogP contribution in [-0.4, -0.2) is 44.8 Å². The van der Waals surface area contributed by atoms with E-state index in [1.807, 2.05) is 24.3 Å². The summed E-state index contributed by atoms with van der Waals surface area (Å²) < 4.78 is 27.0. The van der Waals surface area contributed by atoms with E-state index < -0.39 is 10.0 Å². The SMILES string of the molecule is CC(=O)Nc1cccc(N2CCN(S(=O)(=O)c3ccc(Cl)cc3)CC2)c1. The molecule has 8 heteroatoms. The quantitative estimate of drug-likeness (QED) is 0.867. The second-order valence-corrected chi connectivity index (χ2v) is 8.45. The van der Waals surface area contributed by atoms with Gasteiger partial charge in [0.25, 0.3) is 0 Å². The third-order valence-electron chi connectivity index (χ3n) is 4.22. The first-order chi connectivity index (χ1) is 12.4. The van der Waals surface area contributed by atoms with E-state index in [9.17, 15) is 13.2 Å². The predicted molar refractivity (Wildman–Crippen MR) is 103 cm³/mol. The molecule has 1 N–H and O–H groups in total. The van der Waals surface area contributed by atoms with Crippen LogP contribution in [0.1, 0.15) is 6.92 Å². The van der Waals surface area contributed by atoms with Crippen LogP contribution >= 0.6 is 11.6 Å². The van der Waals surface area contributed by atoms with Crippen molar-refractivity contribution in [1.82, 2.24) is 4.31 Å². The summed E-state index contributed by atoms with van der Waals surface area (Å²) in [7, 11) is -3.52. The number of rotatable bonds is 4. The third kappa shape index (κ3) is 4.17. The van der Waals surface area contributed by atoms with Crippen LogP contribution in [0.5, 0.6) is 0 Å². The van der Waals surface area contributed by atoms with Gasteiger partial charge in [-0.15, -0.1) is 0 Å². The lowest BCUT2D eigenvalue weighted by atomic mass is 10.2. The fourth-order valence-corrected chi connectivity index (χ4v) is 4.47. The Bertz CT molecular complexity index is 892. The molecule has 0 aliphatic carbocycles. The molecule has 1 aliphatic heterocycles. The Morgan fingerprint density at radius 3 is 2.31 bits per heavy atom. The number of amides is 1. The Morgan fingerprint density at radius 2 is 1.69 bits per heavy atom. The van der Waals surface area contributed by atoms with Gasteiger partial charge in [-0.05, 0) is 42.5 Å². The number of halogens is 1. The monoisotopic (exact) mass is 393 g/mol. The first-order valence-electron chi connectivity index (χ1n) is 8.24. The van der Waals surface area contributed by atoms with Crippen LogP contribution in [0.3, 0.4) is 0 Å². The molecule has 1 amide bonds. The number of carbonyl (C=O) groups is 1. The maximum Gasteiger partial charge on any atom is 0.243 e. The van der Waals surface area contributed by atoms with Crippen molar-refractivity contribution in [1.29, 1.82) is 0 Å². The minimum atomic E-state index is -3.52. The molecule has 1 saturated heterocycles. The van der Waals surface area contributed by atoms with Crippen LogP contribution in [-0.2, 0) is 14.8 Å². The standard InChI is InChI=1S/C18H20ClN3O3S/c1-14(23)20-16-3-2-4-17(13-16)21-9-11-22(12-10-21)26(24,25)18-7-5-15(19)6-8-18/h2-8,13H,9-12H2,1H3,(H,20,23). The molecule has 0 saturated carbocycles. The number of piperazine rings is 1. The molecule has 0 unspecified atom stereocenters. The molecule has 0 atom stereocenters. The molecule has 3 rings (SSSR count). The highest BCUT2D eigenvalue weighted by Crippen LogP contribution is 2.24. The van der Waals surface area contributed by atoms with Gasteiger partial charge in [-0.2, -0.15) is 4.31 Å². The minimum Gasteiger partial charge on any atom is -0.369 e. The Balaban J connectivity index is 1.69. The van der Waals surface area contributed by atoms with Gasteiger partial charge in [0.2, 0.25) is 15.9 Å². The zero-order valence-corrected chi connectivity index (χ0v) is 15.9. The molecule has 0 spiro atoms. The Kier molecular flexibility index (Phi) is 5.50. The number of hydrogen-bond acceptors (Lipinski definition) is 4. The summed E-state index contributed by atoms with van der Waals surface area (Å²) >= 11 is 5.84. The highest BCUT2D eigenvalue weighted by atomic mass is 35.5. The van der Waals surface area contributed by atoms with Gasteiger partial charge in [0.1, 0.15) is 0 Å². The predicted octanol–water partition coefficient (Wildman–Crippen LogP) is 2.81. The van der Waals surface area contributed by atoms with E-state index in [1.165, 1.54) is 23.4 Å². The van der Waals surface area contributed by atoms with Gasteiger partial charge in [0.15, 0.2) is 0 Å². The molecule has 1 aliphatic rings. The molecule has 0 aromatic heterocycles. The van der Waals surface area contributed by atoms with Crippen molar-refractivity contribution in [3.63, 3.8) is 0 Å². The van der Waals surface area contributed by atoms with Crippen molar-refractivity contribution in [3.8, 4) is 0 Å². The van der Waals surface area contributed by atoms with Crippen LogP contribution < -0.4 is 10.2 Å². The maximum absolute atomic E-state index is 12.7. The summed E-state index contributed by atoms with van der Waals surface area (Å²) in [5.74, 6) is -0.124. The molecular formula is C18H20ClN3O3S. The summed E-state index contributed by atoms with van der Waals surface area (Å²) in [5, 5.41) is 3.27. The number of benzene rings is 2. The van der Waals surface area contributed by atoms with Crippen molar-refractivity contribution >= 4 is 38.9 Å². The number of hydrogen-bond donors (Lipinski definition) is 1. The van der Waals surface area contributed by atoms with Crippen molar-refractivity contribution in [3.05, 3.63) is 53.6 Å². The lowest BCUT2D eigenvalue weighted by Gasteiger charge is -2.35. The summed E-state index contributed by atoms with van der Waals surface area (Å²) in [6, 6.07) is 13.8. The molecule has 2 aromatic carbocycles. The van der Waals surface area contributed by atoms with E-state index in [4.69, 9.17) is 11.6 Å². The molecule has 138 valence electrons. The summed E-state index contributed by atoms with van der Waals surface area (Å²) in [6.07, 6.45) is 0. The molecule has 2 aromatic rings. The number of nitrogens with one attached hydrogen (secondary N) is 1. The number of nitrogens with zero attached hydrogens (tertiary/aromatic N) is 2. The third-order valence-corrected chi connectivity index (χ3v) is 6.39. The molecule has 1 fully saturated rings. The highest BCUT2D eigenvalue weighted by Gasteiger charge is 2.28. The molecule has 6 nitrogen and oxygen atoms in total. The lowest BCUT2D eigenvalue weighted by Crippen LogP contribution is -2.48. The van der Waals surface area contributed by atoms with Crippen LogP contribution in [0.4, 0.5) is 11.4 Å². The second-order valence-electron chi connectivity index (χ2n) is 6.08. The molecule has 0 bridgehead atoms. The zero-order chi connectivity index (χ0) is 18.7. The van der Waals surface area contributed by atoms with E-state index in [2.05, 4.69) is 10.2 Å². The fraction of sp³-hybridized carbons (Fsp3) is 0.278. The van der Waals surface area contributed by atoms with Gasteiger partial charge in [0.05, 0.1) is 4.90 Å². The summed E-state index contributed by atoms with van der Waals surface area (Å²) in [4.78, 5) is 13.6. The van der Waals surface area contributed by atoms with Gasteiger partial charge in [-0.3, -0.25) is 4.79 Å². The first-order valence-corrected chi connectivity index (χ1v) is 10.1. The van der Waals surface area contributed by atoms with E-state index in [-0.39, 0.29) is 10.8 Å². The van der Waals surface area contributed by atoms with E-state index in [0.717, 1.165) is 11.4 Å². The maximum atomic E-state index is 12.7. The Hall–Kier alpha value is -2.09. The topological polar surface area (TPSA) is 69.7 Å².